The molecule has 0 fully saturated rings. The average Bonchev–Trinajstić information content (AvgIpc) is 2.44. The minimum atomic E-state index is -0.504. The number of ether oxygens (including phenoxy) is 1. The van der Waals surface area contributed by atoms with Crippen molar-refractivity contribution in [3.05, 3.63) is 63.9 Å². The quantitative estimate of drug-likeness (QED) is 0.893. The molecule has 0 bridgehead atoms. The van der Waals surface area contributed by atoms with Gasteiger partial charge in [-0.15, -0.1) is 0 Å². The van der Waals surface area contributed by atoms with Crippen molar-refractivity contribution in [2.24, 2.45) is 0 Å². The maximum atomic E-state index is 13.5. The van der Waals surface area contributed by atoms with Gasteiger partial charge in [-0.25, -0.2) is 4.39 Å². The number of hydrogen-bond donors (Lipinski definition) is 1. The summed E-state index contributed by atoms with van der Waals surface area (Å²) in [5.74, 6) is -0.737. The molecule has 5 heteroatoms. The van der Waals surface area contributed by atoms with Crippen LogP contribution in [0.2, 0.25) is 0 Å². The summed E-state index contributed by atoms with van der Waals surface area (Å²) in [6, 6.07) is 12.3. The Hall–Kier alpha value is -1.88. The number of hydrogen-bond acceptors (Lipinski definition) is 2. The Morgan fingerprint density at radius 2 is 2.10 bits per heavy atom. The van der Waals surface area contributed by atoms with Crippen molar-refractivity contribution in [2.45, 2.75) is 13.5 Å². The van der Waals surface area contributed by atoms with E-state index in [1.165, 1.54) is 12.1 Å². The first-order chi connectivity index (χ1) is 10.0. The smallest absolute Gasteiger partial charge is 0.258 e. The normalized spacial score (nSPS) is 10.2. The van der Waals surface area contributed by atoms with Gasteiger partial charge in [0.2, 0.25) is 0 Å². The lowest BCUT2D eigenvalue weighted by Gasteiger charge is -2.09. The number of aryl methyl sites for hydroxylation is 1. The third kappa shape index (κ3) is 4.86. The van der Waals surface area contributed by atoms with Crippen molar-refractivity contribution in [1.29, 1.82) is 0 Å². The van der Waals surface area contributed by atoms with Crippen LogP contribution >= 0.6 is 15.9 Å². The van der Waals surface area contributed by atoms with Crippen molar-refractivity contribution in [2.75, 3.05) is 6.61 Å². The molecular weight excluding hydrogens is 337 g/mol. The zero-order valence-corrected chi connectivity index (χ0v) is 13.1. The Balaban J connectivity index is 1.82. The predicted octanol–water partition coefficient (Wildman–Crippen LogP) is 3.59. The van der Waals surface area contributed by atoms with Crippen LogP contribution in [0.5, 0.6) is 5.75 Å². The molecule has 2 aromatic rings. The number of carbonyl (C=O) groups is 1. The van der Waals surface area contributed by atoms with Crippen LogP contribution in [0.25, 0.3) is 0 Å². The fraction of sp³-hybridized carbons (Fsp3) is 0.188. The zero-order valence-electron chi connectivity index (χ0n) is 11.5. The van der Waals surface area contributed by atoms with E-state index in [1.807, 2.05) is 31.2 Å². The molecule has 3 nitrogen and oxygen atoms in total. The van der Waals surface area contributed by atoms with E-state index in [0.29, 0.717) is 11.0 Å². The fourth-order valence-electron chi connectivity index (χ4n) is 1.81. The molecule has 110 valence electrons. The molecule has 0 heterocycles. The maximum Gasteiger partial charge on any atom is 0.258 e. The summed E-state index contributed by atoms with van der Waals surface area (Å²) in [5.41, 5.74) is 2.15. The van der Waals surface area contributed by atoms with E-state index in [0.717, 1.165) is 11.1 Å². The third-order valence-corrected chi connectivity index (χ3v) is 3.32. The molecule has 0 aromatic heterocycles. The van der Waals surface area contributed by atoms with Crippen LogP contribution < -0.4 is 10.1 Å². The minimum Gasteiger partial charge on any atom is -0.481 e. The molecular formula is C16H15BrFNO2. The third-order valence-electron chi connectivity index (χ3n) is 2.82. The number of halogens is 2. The van der Waals surface area contributed by atoms with E-state index in [4.69, 9.17) is 4.74 Å². The molecule has 1 amide bonds. The monoisotopic (exact) mass is 351 g/mol. The highest BCUT2D eigenvalue weighted by Crippen LogP contribution is 2.21. The van der Waals surface area contributed by atoms with Crippen LogP contribution in [0.1, 0.15) is 11.1 Å². The van der Waals surface area contributed by atoms with Gasteiger partial charge in [0.05, 0.1) is 0 Å². The van der Waals surface area contributed by atoms with Crippen molar-refractivity contribution in [1.82, 2.24) is 5.32 Å². The van der Waals surface area contributed by atoms with E-state index in [2.05, 4.69) is 21.2 Å². The molecule has 0 unspecified atom stereocenters. The van der Waals surface area contributed by atoms with Crippen LogP contribution in [-0.2, 0) is 11.3 Å². The van der Waals surface area contributed by atoms with Gasteiger partial charge in [-0.05, 0) is 30.7 Å². The second kappa shape index (κ2) is 7.22. The molecule has 0 aliphatic heterocycles. The molecule has 1 N–H and O–H groups in total. The van der Waals surface area contributed by atoms with E-state index >= 15 is 0 Å². The molecule has 0 aliphatic carbocycles. The first-order valence-electron chi connectivity index (χ1n) is 6.44. The molecule has 0 saturated heterocycles. The van der Waals surface area contributed by atoms with Crippen molar-refractivity contribution >= 4 is 21.8 Å². The van der Waals surface area contributed by atoms with E-state index in [-0.39, 0.29) is 18.3 Å². The highest BCUT2D eigenvalue weighted by Gasteiger charge is 2.07. The van der Waals surface area contributed by atoms with Crippen LogP contribution in [-0.4, -0.2) is 12.5 Å². The zero-order chi connectivity index (χ0) is 15.2. The van der Waals surface area contributed by atoms with Crippen LogP contribution in [0, 0.1) is 12.7 Å². The van der Waals surface area contributed by atoms with Crippen LogP contribution in [0.3, 0.4) is 0 Å². The second-order valence-electron chi connectivity index (χ2n) is 4.63. The van der Waals surface area contributed by atoms with Gasteiger partial charge in [0.25, 0.3) is 5.91 Å². The van der Waals surface area contributed by atoms with Gasteiger partial charge < -0.3 is 10.1 Å². The molecule has 0 aliphatic rings. The molecule has 2 rings (SSSR count). The summed E-state index contributed by atoms with van der Waals surface area (Å²) in [6.07, 6.45) is 0. The lowest BCUT2D eigenvalue weighted by Crippen LogP contribution is -2.28. The van der Waals surface area contributed by atoms with E-state index in [1.54, 1.807) is 6.07 Å². The summed E-state index contributed by atoms with van der Waals surface area (Å²) in [4.78, 5) is 11.7. The predicted molar refractivity (Wildman–Crippen MR) is 82.6 cm³/mol. The maximum absolute atomic E-state index is 13.5. The topological polar surface area (TPSA) is 38.3 Å². The van der Waals surface area contributed by atoms with Gasteiger partial charge in [0, 0.05) is 11.0 Å². The minimum absolute atomic E-state index is 0.0592. The molecule has 2 aromatic carbocycles. The van der Waals surface area contributed by atoms with Gasteiger partial charge in [0.1, 0.15) is 0 Å². The van der Waals surface area contributed by atoms with Gasteiger partial charge in [-0.1, -0.05) is 45.8 Å². The second-order valence-corrected chi connectivity index (χ2v) is 5.54. The highest BCUT2D eigenvalue weighted by atomic mass is 79.9. The SMILES string of the molecule is Cc1cccc(CNC(=O)COc2ccc(Br)cc2F)c1. The lowest BCUT2D eigenvalue weighted by molar-refractivity contribution is -0.123. The molecule has 0 saturated carbocycles. The Morgan fingerprint density at radius 3 is 2.81 bits per heavy atom. The molecule has 0 atom stereocenters. The van der Waals surface area contributed by atoms with Crippen molar-refractivity contribution in [3.63, 3.8) is 0 Å². The summed E-state index contributed by atoms with van der Waals surface area (Å²) in [6.45, 7) is 2.20. The summed E-state index contributed by atoms with van der Waals surface area (Å²) in [5, 5.41) is 2.73. The first-order valence-corrected chi connectivity index (χ1v) is 7.24. The number of amides is 1. The summed E-state index contributed by atoms with van der Waals surface area (Å²) in [7, 11) is 0. The Kier molecular flexibility index (Phi) is 5.33. The number of rotatable bonds is 5. The van der Waals surface area contributed by atoms with E-state index < -0.39 is 5.82 Å². The van der Waals surface area contributed by atoms with Crippen LogP contribution in [0.15, 0.2) is 46.9 Å². The number of nitrogens with one attached hydrogen (secondary N) is 1. The largest absolute Gasteiger partial charge is 0.481 e. The first kappa shape index (κ1) is 15.5. The Bertz CT molecular complexity index is 646. The lowest BCUT2D eigenvalue weighted by atomic mass is 10.1. The number of carbonyl (C=O) groups excluding carboxylic acids is 1. The van der Waals surface area contributed by atoms with Gasteiger partial charge in [0.15, 0.2) is 18.2 Å². The number of benzene rings is 2. The van der Waals surface area contributed by atoms with Crippen LogP contribution in [0.4, 0.5) is 4.39 Å². The Labute approximate surface area is 131 Å². The van der Waals surface area contributed by atoms with Gasteiger partial charge >= 0.3 is 0 Å². The van der Waals surface area contributed by atoms with Gasteiger partial charge in [-0.2, -0.15) is 0 Å². The Morgan fingerprint density at radius 1 is 1.29 bits per heavy atom. The van der Waals surface area contributed by atoms with Crippen molar-refractivity contribution < 1.29 is 13.9 Å². The molecule has 0 radical (unpaired) electrons. The van der Waals surface area contributed by atoms with Gasteiger partial charge in [-0.3, -0.25) is 4.79 Å². The standard InChI is InChI=1S/C16H15BrFNO2/c1-11-3-2-4-12(7-11)9-19-16(20)10-21-15-6-5-13(17)8-14(15)18/h2-8H,9-10H2,1H3,(H,19,20). The summed E-state index contributed by atoms with van der Waals surface area (Å²) < 4.78 is 19.3. The summed E-state index contributed by atoms with van der Waals surface area (Å²) >= 11 is 3.16. The highest BCUT2D eigenvalue weighted by molar-refractivity contribution is 9.10. The average molecular weight is 352 g/mol. The molecule has 21 heavy (non-hydrogen) atoms. The fourth-order valence-corrected chi connectivity index (χ4v) is 2.14. The van der Waals surface area contributed by atoms with Crippen molar-refractivity contribution in [3.8, 4) is 5.75 Å². The van der Waals surface area contributed by atoms with E-state index in [9.17, 15) is 9.18 Å². The molecule has 0 spiro atoms.